The van der Waals surface area contributed by atoms with Gasteiger partial charge in [0.25, 0.3) is 0 Å². The predicted octanol–water partition coefficient (Wildman–Crippen LogP) is 4.23. The van der Waals surface area contributed by atoms with E-state index in [1.165, 1.54) is 6.08 Å². The number of anilines is 1. The highest BCUT2D eigenvalue weighted by molar-refractivity contribution is 6.02. The van der Waals surface area contributed by atoms with E-state index in [1.807, 2.05) is 24.3 Å². The summed E-state index contributed by atoms with van der Waals surface area (Å²) in [4.78, 5) is 11.9. The third-order valence-corrected chi connectivity index (χ3v) is 2.94. The monoisotopic (exact) mass is 269 g/mol. The second-order valence-corrected chi connectivity index (χ2v) is 5.63. The molecule has 0 bridgehead atoms. The summed E-state index contributed by atoms with van der Waals surface area (Å²) in [5, 5.41) is 2.91. The van der Waals surface area contributed by atoms with Gasteiger partial charge in [0.15, 0.2) is 0 Å². The molecule has 1 heterocycles. The van der Waals surface area contributed by atoms with E-state index >= 15 is 0 Å². The first-order valence-corrected chi connectivity index (χ1v) is 6.59. The number of carbonyl (C=O) groups excluding carboxylic acids is 1. The Morgan fingerprint density at radius 3 is 2.55 bits per heavy atom. The number of rotatable bonds is 3. The number of amides is 1. The van der Waals surface area contributed by atoms with Gasteiger partial charge in [-0.2, -0.15) is 0 Å². The van der Waals surface area contributed by atoms with Gasteiger partial charge in [0.1, 0.15) is 5.76 Å². The molecule has 0 saturated carbocycles. The minimum absolute atomic E-state index is 0.0192. The SMILES string of the molecule is CC(C)(C)c1ccccc1NC(=O)/C=C/c1ccco1. The molecule has 1 amide bonds. The van der Waals surface area contributed by atoms with Crippen molar-refractivity contribution in [3.8, 4) is 0 Å². The average Bonchev–Trinajstić information content (AvgIpc) is 2.89. The Morgan fingerprint density at radius 2 is 1.90 bits per heavy atom. The van der Waals surface area contributed by atoms with Crippen molar-refractivity contribution in [3.05, 3.63) is 60.1 Å². The number of nitrogens with one attached hydrogen (secondary N) is 1. The van der Waals surface area contributed by atoms with Crippen LogP contribution in [-0.2, 0) is 10.2 Å². The Labute approximate surface area is 119 Å². The maximum atomic E-state index is 11.9. The summed E-state index contributed by atoms with van der Waals surface area (Å²) < 4.78 is 5.15. The molecule has 104 valence electrons. The molecule has 0 aliphatic rings. The molecule has 2 rings (SSSR count). The van der Waals surface area contributed by atoms with Crippen LogP contribution in [-0.4, -0.2) is 5.91 Å². The van der Waals surface area contributed by atoms with Crippen LogP contribution in [0, 0.1) is 0 Å². The summed E-state index contributed by atoms with van der Waals surface area (Å²) in [6.07, 6.45) is 4.69. The summed E-state index contributed by atoms with van der Waals surface area (Å²) in [5.41, 5.74) is 1.93. The lowest BCUT2D eigenvalue weighted by atomic mass is 9.86. The van der Waals surface area contributed by atoms with Crippen LogP contribution in [0.1, 0.15) is 32.1 Å². The highest BCUT2D eigenvalue weighted by Crippen LogP contribution is 2.29. The zero-order valence-electron chi connectivity index (χ0n) is 12.0. The second kappa shape index (κ2) is 5.78. The molecule has 2 aromatic rings. The van der Waals surface area contributed by atoms with Crippen LogP contribution in [0.2, 0.25) is 0 Å². The molecule has 0 atom stereocenters. The molecule has 1 N–H and O–H groups in total. The van der Waals surface area contributed by atoms with Crippen molar-refractivity contribution in [1.29, 1.82) is 0 Å². The first-order valence-electron chi connectivity index (χ1n) is 6.59. The van der Waals surface area contributed by atoms with Crippen LogP contribution in [0.5, 0.6) is 0 Å². The first kappa shape index (κ1) is 14.1. The van der Waals surface area contributed by atoms with E-state index in [4.69, 9.17) is 4.42 Å². The van der Waals surface area contributed by atoms with Crippen molar-refractivity contribution in [2.45, 2.75) is 26.2 Å². The van der Waals surface area contributed by atoms with Gasteiger partial charge in [0.2, 0.25) is 5.91 Å². The number of furan rings is 1. The van der Waals surface area contributed by atoms with Gasteiger partial charge in [-0.05, 0) is 35.3 Å². The van der Waals surface area contributed by atoms with Gasteiger partial charge in [-0.25, -0.2) is 0 Å². The molecule has 0 fully saturated rings. The molecular weight excluding hydrogens is 250 g/mol. The first-order chi connectivity index (χ1) is 9.47. The van der Waals surface area contributed by atoms with Crippen LogP contribution in [0.15, 0.2) is 53.2 Å². The Kier molecular flexibility index (Phi) is 4.08. The predicted molar refractivity (Wildman–Crippen MR) is 81.5 cm³/mol. The van der Waals surface area contributed by atoms with Crippen LogP contribution < -0.4 is 5.32 Å². The lowest BCUT2D eigenvalue weighted by Gasteiger charge is -2.22. The molecule has 0 saturated heterocycles. The van der Waals surface area contributed by atoms with Crippen LogP contribution in [0.25, 0.3) is 6.08 Å². The van der Waals surface area contributed by atoms with E-state index in [0.717, 1.165) is 11.3 Å². The number of hydrogen-bond donors (Lipinski definition) is 1. The Bertz CT molecular complexity index is 604. The van der Waals surface area contributed by atoms with Gasteiger partial charge in [0, 0.05) is 11.8 Å². The zero-order chi connectivity index (χ0) is 14.6. The maximum Gasteiger partial charge on any atom is 0.248 e. The van der Waals surface area contributed by atoms with Crippen molar-refractivity contribution in [2.24, 2.45) is 0 Å². The minimum Gasteiger partial charge on any atom is -0.465 e. The number of carbonyl (C=O) groups is 1. The quantitative estimate of drug-likeness (QED) is 0.847. The topological polar surface area (TPSA) is 42.2 Å². The standard InChI is InChI=1S/C17H19NO2/c1-17(2,3)14-8-4-5-9-15(14)18-16(19)11-10-13-7-6-12-20-13/h4-12H,1-3H3,(H,18,19)/b11-10+. The fourth-order valence-corrected chi connectivity index (χ4v) is 1.96. The van der Waals surface area contributed by atoms with E-state index < -0.39 is 0 Å². The molecule has 1 aromatic carbocycles. The summed E-state index contributed by atoms with van der Waals surface area (Å²) >= 11 is 0. The zero-order valence-corrected chi connectivity index (χ0v) is 12.0. The molecule has 3 nitrogen and oxygen atoms in total. The molecule has 20 heavy (non-hydrogen) atoms. The van der Waals surface area contributed by atoms with Gasteiger partial charge in [-0.3, -0.25) is 4.79 Å². The number of hydrogen-bond acceptors (Lipinski definition) is 2. The molecule has 0 radical (unpaired) electrons. The molecular formula is C17H19NO2. The summed E-state index contributed by atoms with van der Waals surface area (Å²) in [5.74, 6) is 0.488. The molecule has 0 aliphatic carbocycles. The van der Waals surface area contributed by atoms with E-state index in [9.17, 15) is 4.79 Å². The summed E-state index contributed by atoms with van der Waals surface area (Å²) in [7, 11) is 0. The lowest BCUT2D eigenvalue weighted by molar-refractivity contribution is -0.111. The molecule has 0 unspecified atom stereocenters. The molecule has 1 aromatic heterocycles. The van der Waals surface area contributed by atoms with Crippen LogP contribution in [0.3, 0.4) is 0 Å². The Hall–Kier alpha value is -2.29. The average molecular weight is 269 g/mol. The third kappa shape index (κ3) is 3.60. The maximum absolute atomic E-state index is 11.9. The number of benzene rings is 1. The lowest BCUT2D eigenvalue weighted by Crippen LogP contribution is -2.17. The van der Waals surface area contributed by atoms with Gasteiger partial charge >= 0.3 is 0 Å². The highest BCUT2D eigenvalue weighted by atomic mass is 16.3. The third-order valence-electron chi connectivity index (χ3n) is 2.94. The largest absolute Gasteiger partial charge is 0.465 e. The van der Waals surface area contributed by atoms with E-state index in [2.05, 4.69) is 26.1 Å². The van der Waals surface area contributed by atoms with Crippen molar-refractivity contribution in [1.82, 2.24) is 0 Å². The molecule has 0 aliphatic heterocycles. The minimum atomic E-state index is -0.168. The highest BCUT2D eigenvalue weighted by Gasteiger charge is 2.17. The van der Waals surface area contributed by atoms with Crippen molar-refractivity contribution >= 4 is 17.7 Å². The van der Waals surface area contributed by atoms with Crippen LogP contribution in [0.4, 0.5) is 5.69 Å². The molecule has 3 heteroatoms. The smallest absolute Gasteiger partial charge is 0.248 e. The Balaban J connectivity index is 2.12. The molecule has 0 spiro atoms. The van der Waals surface area contributed by atoms with Gasteiger partial charge in [0.05, 0.1) is 6.26 Å². The fraction of sp³-hybridized carbons (Fsp3) is 0.235. The van der Waals surface area contributed by atoms with E-state index in [0.29, 0.717) is 5.76 Å². The second-order valence-electron chi connectivity index (χ2n) is 5.63. The Morgan fingerprint density at radius 1 is 1.15 bits per heavy atom. The van der Waals surface area contributed by atoms with Crippen molar-refractivity contribution in [3.63, 3.8) is 0 Å². The van der Waals surface area contributed by atoms with Gasteiger partial charge in [-0.15, -0.1) is 0 Å². The summed E-state index contributed by atoms with van der Waals surface area (Å²) in [6.45, 7) is 6.37. The van der Waals surface area contributed by atoms with Gasteiger partial charge in [-0.1, -0.05) is 39.0 Å². The van der Waals surface area contributed by atoms with Crippen LogP contribution >= 0.6 is 0 Å². The van der Waals surface area contributed by atoms with Crippen molar-refractivity contribution in [2.75, 3.05) is 5.32 Å². The van der Waals surface area contributed by atoms with E-state index in [-0.39, 0.29) is 11.3 Å². The van der Waals surface area contributed by atoms with E-state index in [1.54, 1.807) is 24.5 Å². The van der Waals surface area contributed by atoms with Gasteiger partial charge < -0.3 is 9.73 Å². The van der Waals surface area contributed by atoms with Crippen molar-refractivity contribution < 1.29 is 9.21 Å². The summed E-state index contributed by atoms with van der Waals surface area (Å²) in [6, 6.07) is 11.4. The fourth-order valence-electron chi connectivity index (χ4n) is 1.96. The normalized spacial score (nSPS) is 11.8. The number of para-hydroxylation sites is 1.